The highest BCUT2D eigenvalue weighted by atomic mass is 32.2. The number of fused-ring (bicyclic) bond motifs is 1. The van der Waals surface area contributed by atoms with Gasteiger partial charge in [0.05, 0.1) is 17.1 Å². The average molecular weight is 563 g/mol. The van der Waals surface area contributed by atoms with Gasteiger partial charge in [0.1, 0.15) is 0 Å². The standard InChI is InChI=1S/C31H34N2O6S/c1-30(2)25(21-7-9-22(10-8-21)29(36)37)11-13-31(3)20-33(14-12-26(30)31)28(35)24-6-4-5-23(19-24)27(34)32-15-17-40(38,39)18-16-32/h4-12,19H,13-18,20H2,1-3H3,(H,36,37)/t31-/m1/s1. The van der Waals surface area contributed by atoms with Crippen LogP contribution in [-0.2, 0) is 9.84 Å². The largest absolute Gasteiger partial charge is 0.478 e. The van der Waals surface area contributed by atoms with Crippen LogP contribution >= 0.6 is 0 Å². The average Bonchev–Trinajstić information content (AvgIpc) is 2.92. The van der Waals surface area contributed by atoms with Crippen LogP contribution in [0.3, 0.4) is 0 Å². The molecule has 5 rings (SSSR count). The molecule has 2 amide bonds. The molecule has 1 N–H and O–H groups in total. The van der Waals surface area contributed by atoms with Crippen LogP contribution in [-0.4, -0.2) is 78.8 Å². The first-order valence-electron chi connectivity index (χ1n) is 13.5. The first-order valence-corrected chi connectivity index (χ1v) is 15.3. The Balaban J connectivity index is 1.34. The predicted molar refractivity (Wildman–Crippen MR) is 153 cm³/mol. The molecule has 210 valence electrons. The number of sulfone groups is 1. The summed E-state index contributed by atoms with van der Waals surface area (Å²) in [4.78, 5) is 41.3. The lowest BCUT2D eigenvalue weighted by atomic mass is 9.58. The van der Waals surface area contributed by atoms with Crippen molar-refractivity contribution in [3.63, 3.8) is 0 Å². The van der Waals surface area contributed by atoms with E-state index in [4.69, 9.17) is 0 Å². The number of carbonyl (C=O) groups is 3. The van der Waals surface area contributed by atoms with E-state index in [9.17, 15) is 27.9 Å². The second-order valence-electron chi connectivity index (χ2n) is 11.7. The molecule has 1 saturated heterocycles. The Morgan fingerprint density at radius 3 is 2.02 bits per heavy atom. The maximum atomic E-state index is 13.6. The van der Waals surface area contributed by atoms with Crippen LogP contribution in [0.15, 0.2) is 66.3 Å². The number of amides is 2. The Labute approximate surface area is 234 Å². The fourth-order valence-corrected chi connectivity index (χ4v) is 7.62. The number of carboxylic acid groups (broad SMARTS) is 1. The Kier molecular flexibility index (Phi) is 6.98. The van der Waals surface area contributed by atoms with Crippen LogP contribution in [0.4, 0.5) is 0 Å². The topological polar surface area (TPSA) is 112 Å². The first kappa shape index (κ1) is 27.8. The van der Waals surface area contributed by atoms with Crippen molar-refractivity contribution in [2.75, 3.05) is 37.7 Å². The second kappa shape index (κ2) is 10.0. The molecule has 1 aliphatic carbocycles. The van der Waals surface area contributed by atoms with Crippen molar-refractivity contribution in [2.24, 2.45) is 10.8 Å². The van der Waals surface area contributed by atoms with Gasteiger partial charge in [-0.2, -0.15) is 0 Å². The third-order valence-corrected chi connectivity index (χ3v) is 10.1. The molecule has 1 fully saturated rings. The monoisotopic (exact) mass is 562 g/mol. The Morgan fingerprint density at radius 2 is 1.43 bits per heavy atom. The zero-order chi connectivity index (χ0) is 28.9. The van der Waals surface area contributed by atoms with Crippen molar-refractivity contribution in [2.45, 2.75) is 27.2 Å². The zero-order valence-corrected chi connectivity index (χ0v) is 23.8. The van der Waals surface area contributed by atoms with Crippen molar-refractivity contribution in [1.82, 2.24) is 9.80 Å². The van der Waals surface area contributed by atoms with E-state index in [0.717, 1.165) is 17.6 Å². The van der Waals surface area contributed by atoms with Gasteiger partial charge in [-0.1, -0.05) is 56.7 Å². The third kappa shape index (κ3) is 5.10. The van der Waals surface area contributed by atoms with Crippen molar-refractivity contribution in [1.29, 1.82) is 0 Å². The smallest absolute Gasteiger partial charge is 0.335 e. The number of aromatic carboxylic acids is 1. The van der Waals surface area contributed by atoms with Crippen LogP contribution in [0.2, 0.25) is 0 Å². The van der Waals surface area contributed by atoms with Crippen LogP contribution in [0.5, 0.6) is 0 Å². The maximum absolute atomic E-state index is 13.6. The third-order valence-electron chi connectivity index (χ3n) is 8.53. The van der Waals surface area contributed by atoms with Gasteiger partial charge in [0.25, 0.3) is 11.8 Å². The minimum Gasteiger partial charge on any atom is -0.478 e. The van der Waals surface area contributed by atoms with Gasteiger partial charge in [-0.3, -0.25) is 9.59 Å². The summed E-state index contributed by atoms with van der Waals surface area (Å²) in [5, 5.41) is 9.25. The number of hydrogen-bond donors (Lipinski definition) is 1. The molecule has 9 heteroatoms. The summed E-state index contributed by atoms with van der Waals surface area (Å²) in [5.41, 5.74) is 3.88. The molecule has 0 radical (unpaired) electrons. The van der Waals surface area contributed by atoms with E-state index in [1.165, 1.54) is 10.5 Å². The lowest BCUT2D eigenvalue weighted by Gasteiger charge is -2.50. The summed E-state index contributed by atoms with van der Waals surface area (Å²) in [6.07, 6.45) is 5.08. The first-order chi connectivity index (χ1) is 18.8. The van der Waals surface area contributed by atoms with Gasteiger partial charge in [0.2, 0.25) is 0 Å². The molecule has 3 aliphatic rings. The van der Waals surface area contributed by atoms with E-state index in [0.29, 0.717) is 24.2 Å². The molecule has 40 heavy (non-hydrogen) atoms. The second-order valence-corrected chi connectivity index (χ2v) is 14.0. The summed E-state index contributed by atoms with van der Waals surface area (Å²) in [6, 6.07) is 13.7. The molecule has 0 aromatic heterocycles. The maximum Gasteiger partial charge on any atom is 0.335 e. The molecule has 8 nitrogen and oxygen atoms in total. The van der Waals surface area contributed by atoms with Gasteiger partial charge in [-0.05, 0) is 47.9 Å². The molecule has 1 atom stereocenters. The minimum atomic E-state index is -3.10. The lowest BCUT2D eigenvalue weighted by Crippen LogP contribution is -2.48. The summed E-state index contributed by atoms with van der Waals surface area (Å²) >= 11 is 0. The van der Waals surface area contributed by atoms with Crippen molar-refractivity contribution < 1.29 is 27.9 Å². The molecular weight excluding hydrogens is 528 g/mol. The SMILES string of the molecule is CC1(C)C(c2ccc(C(=O)O)cc2)=CC[C@]2(C)CN(C(=O)c3cccc(C(=O)N4CCS(=O)(=O)CC4)c3)CC=C12. The normalized spacial score (nSPS) is 23.5. The van der Waals surface area contributed by atoms with Gasteiger partial charge in [-0.25, -0.2) is 13.2 Å². The number of hydrogen-bond acceptors (Lipinski definition) is 5. The fraction of sp³-hybridized carbons (Fsp3) is 0.387. The number of carboxylic acids is 1. The van der Waals surface area contributed by atoms with Gasteiger partial charge >= 0.3 is 5.97 Å². The Morgan fingerprint density at radius 1 is 0.825 bits per heavy atom. The van der Waals surface area contributed by atoms with Crippen LogP contribution in [0.25, 0.3) is 5.57 Å². The van der Waals surface area contributed by atoms with E-state index in [1.807, 2.05) is 17.0 Å². The number of benzene rings is 2. The van der Waals surface area contributed by atoms with E-state index in [2.05, 4.69) is 32.9 Å². The van der Waals surface area contributed by atoms with Gasteiger partial charge in [0.15, 0.2) is 9.84 Å². The van der Waals surface area contributed by atoms with Crippen molar-refractivity contribution >= 4 is 33.2 Å². The minimum absolute atomic E-state index is 0.0431. The highest BCUT2D eigenvalue weighted by Crippen LogP contribution is 2.55. The summed E-state index contributed by atoms with van der Waals surface area (Å²) < 4.78 is 23.5. The van der Waals surface area contributed by atoms with Gasteiger partial charge < -0.3 is 14.9 Å². The van der Waals surface area contributed by atoms with Crippen molar-refractivity contribution in [3.05, 3.63) is 88.5 Å². The molecule has 0 bridgehead atoms. The summed E-state index contributed by atoms with van der Waals surface area (Å²) in [7, 11) is -3.10. The Hall–Kier alpha value is -3.72. The molecule has 0 spiro atoms. The van der Waals surface area contributed by atoms with Crippen molar-refractivity contribution in [3.8, 4) is 0 Å². The number of carbonyl (C=O) groups excluding carboxylic acids is 2. The fourth-order valence-electron chi connectivity index (χ4n) is 6.42. The number of rotatable bonds is 4. The molecule has 0 unspecified atom stereocenters. The van der Waals surface area contributed by atoms with Crippen LogP contribution < -0.4 is 0 Å². The van der Waals surface area contributed by atoms with E-state index >= 15 is 0 Å². The molecule has 2 heterocycles. The molecule has 2 aromatic carbocycles. The van der Waals surface area contributed by atoms with Gasteiger partial charge in [0, 0.05) is 48.1 Å². The molecule has 2 aromatic rings. The van der Waals surface area contributed by atoms with Crippen LogP contribution in [0.1, 0.15) is 63.8 Å². The number of nitrogens with zero attached hydrogens (tertiary/aromatic N) is 2. The molecular formula is C31H34N2O6S. The predicted octanol–water partition coefficient (Wildman–Crippen LogP) is 4.16. The lowest BCUT2D eigenvalue weighted by molar-refractivity contribution is 0.0678. The highest BCUT2D eigenvalue weighted by Gasteiger charge is 2.46. The molecule has 0 saturated carbocycles. The number of allylic oxidation sites excluding steroid dienone is 2. The van der Waals surface area contributed by atoms with E-state index in [-0.39, 0.29) is 52.8 Å². The van der Waals surface area contributed by atoms with E-state index in [1.54, 1.807) is 36.4 Å². The Bertz CT molecular complexity index is 1540. The summed E-state index contributed by atoms with van der Waals surface area (Å²) in [6.45, 7) is 7.81. The zero-order valence-electron chi connectivity index (χ0n) is 23.0. The quantitative estimate of drug-likeness (QED) is 0.560. The molecule has 2 aliphatic heterocycles. The highest BCUT2D eigenvalue weighted by molar-refractivity contribution is 7.91. The van der Waals surface area contributed by atoms with Gasteiger partial charge in [-0.15, -0.1) is 0 Å². The summed E-state index contributed by atoms with van der Waals surface area (Å²) in [5.74, 6) is -1.45. The van der Waals surface area contributed by atoms with Crippen LogP contribution in [0, 0.1) is 10.8 Å². The van der Waals surface area contributed by atoms with E-state index < -0.39 is 15.8 Å².